The summed E-state index contributed by atoms with van der Waals surface area (Å²) in [6.45, 7) is 8.12. The number of carbonyl (C=O) groups is 1. The molecule has 0 unspecified atom stereocenters. The summed E-state index contributed by atoms with van der Waals surface area (Å²) in [5.74, 6) is 0.143. The Balaban J connectivity index is 2.74. The van der Waals surface area contributed by atoms with Crippen LogP contribution in [0.1, 0.15) is 49.2 Å². The lowest BCUT2D eigenvalue weighted by atomic mass is 9.68. The molecular formula is C14H15NO. The van der Waals surface area contributed by atoms with Gasteiger partial charge in [-0.1, -0.05) is 33.8 Å². The smallest absolute Gasteiger partial charge is 0.169 e. The van der Waals surface area contributed by atoms with E-state index < -0.39 is 5.41 Å². The molecule has 0 bridgehead atoms. The Morgan fingerprint density at radius 1 is 1.12 bits per heavy atom. The van der Waals surface area contributed by atoms with E-state index in [0.717, 1.165) is 5.56 Å². The molecule has 2 nitrogen and oxygen atoms in total. The van der Waals surface area contributed by atoms with Crippen LogP contribution in [0, 0.1) is 16.7 Å². The number of carbonyl (C=O) groups excluding carboxylic acids is 1. The molecule has 0 N–H and O–H groups in total. The van der Waals surface area contributed by atoms with Crippen molar-refractivity contribution in [3.8, 4) is 6.07 Å². The van der Waals surface area contributed by atoms with Crippen LogP contribution >= 0.6 is 0 Å². The predicted octanol–water partition coefficient (Wildman–Crippen LogP) is 3.06. The molecule has 2 rings (SSSR count). The fraction of sp³-hybridized carbons (Fsp3) is 0.429. The highest BCUT2D eigenvalue weighted by Crippen LogP contribution is 2.50. The van der Waals surface area contributed by atoms with E-state index >= 15 is 0 Å². The van der Waals surface area contributed by atoms with Gasteiger partial charge in [-0.05, 0) is 17.7 Å². The van der Waals surface area contributed by atoms with Crippen molar-refractivity contribution in [2.45, 2.75) is 33.1 Å². The number of hydrogen-bond acceptors (Lipinski definition) is 2. The number of fused-ring (bicyclic) bond motifs is 1. The average molecular weight is 213 g/mol. The van der Waals surface area contributed by atoms with Gasteiger partial charge in [-0.2, -0.15) is 5.26 Å². The van der Waals surface area contributed by atoms with Crippen molar-refractivity contribution in [3.05, 3.63) is 34.9 Å². The zero-order valence-corrected chi connectivity index (χ0v) is 10.1. The number of nitriles is 1. The molecule has 0 spiro atoms. The summed E-state index contributed by atoms with van der Waals surface area (Å²) in [5.41, 5.74) is 1.76. The van der Waals surface area contributed by atoms with E-state index in [2.05, 4.69) is 19.9 Å². The average Bonchev–Trinajstić information content (AvgIpc) is 2.38. The van der Waals surface area contributed by atoms with Crippen molar-refractivity contribution in [2.24, 2.45) is 5.41 Å². The highest BCUT2D eigenvalue weighted by atomic mass is 16.1. The summed E-state index contributed by atoms with van der Waals surface area (Å²) in [6.07, 6.45) is 0. The zero-order chi connectivity index (χ0) is 12.1. The Morgan fingerprint density at radius 2 is 1.75 bits per heavy atom. The molecule has 0 heterocycles. The molecule has 0 fully saturated rings. The van der Waals surface area contributed by atoms with Crippen molar-refractivity contribution in [2.75, 3.05) is 0 Å². The highest BCUT2D eigenvalue weighted by molar-refractivity contribution is 6.06. The van der Waals surface area contributed by atoms with Crippen LogP contribution in [0.2, 0.25) is 0 Å². The highest BCUT2D eigenvalue weighted by Gasteiger charge is 2.51. The van der Waals surface area contributed by atoms with Crippen LogP contribution in [-0.4, -0.2) is 5.78 Å². The van der Waals surface area contributed by atoms with Gasteiger partial charge in [-0.15, -0.1) is 0 Å². The summed E-state index contributed by atoms with van der Waals surface area (Å²) in [5, 5.41) is 8.85. The number of rotatable bonds is 0. The Hall–Kier alpha value is -1.62. The van der Waals surface area contributed by atoms with E-state index in [-0.39, 0.29) is 11.2 Å². The van der Waals surface area contributed by atoms with Crippen LogP contribution in [0.4, 0.5) is 0 Å². The van der Waals surface area contributed by atoms with Gasteiger partial charge in [-0.3, -0.25) is 4.79 Å². The first kappa shape index (κ1) is 10.9. The van der Waals surface area contributed by atoms with E-state index in [9.17, 15) is 4.79 Å². The molecule has 1 aromatic carbocycles. The van der Waals surface area contributed by atoms with E-state index in [1.807, 2.05) is 19.9 Å². The van der Waals surface area contributed by atoms with Crippen molar-refractivity contribution in [1.82, 2.24) is 0 Å². The lowest BCUT2D eigenvalue weighted by Gasteiger charge is -2.33. The fourth-order valence-corrected chi connectivity index (χ4v) is 2.30. The van der Waals surface area contributed by atoms with Crippen molar-refractivity contribution < 1.29 is 4.79 Å². The number of nitrogens with zero attached hydrogens (tertiary/aromatic N) is 1. The van der Waals surface area contributed by atoms with Crippen molar-refractivity contribution in [3.63, 3.8) is 0 Å². The summed E-state index contributed by atoms with van der Waals surface area (Å²) in [4.78, 5) is 12.3. The number of Topliss-reactive ketones (excluding diaryl/α,β-unsaturated/α-hetero) is 1. The molecular weight excluding hydrogens is 198 g/mol. The first-order valence-corrected chi connectivity index (χ1v) is 5.42. The standard InChI is InChI=1S/C14H15NO/c1-13(2)11-6-5-9(8-15)7-10(11)12(16)14(13,3)4/h5-7H,1-4H3. The summed E-state index contributed by atoms with van der Waals surface area (Å²) < 4.78 is 0. The monoisotopic (exact) mass is 213 g/mol. The maximum Gasteiger partial charge on any atom is 0.169 e. The van der Waals surface area contributed by atoms with Crippen LogP contribution in [0.3, 0.4) is 0 Å². The van der Waals surface area contributed by atoms with Gasteiger partial charge in [0, 0.05) is 16.4 Å². The van der Waals surface area contributed by atoms with Gasteiger partial charge >= 0.3 is 0 Å². The maximum absolute atomic E-state index is 12.3. The molecule has 16 heavy (non-hydrogen) atoms. The van der Waals surface area contributed by atoms with Gasteiger partial charge in [-0.25, -0.2) is 0 Å². The minimum Gasteiger partial charge on any atom is -0.294 e. The molecule has 0 saturated carbocycles. The fourth-order valence-electron chi connectivity index (χ4n) is 2.30. The van der Waals surface area contributed by atoms with Crippen molar-refractivity contribution in [1.29, 1.82) is 5.26 Å². The molecule has 1 aliphatic rings. The quantitative estimate of drug-likeness (QED) is 0.664. The third-order valence-electron chi connectivity index (χ3n) is 4.20. The van der Waals surface area contributed by atoms with Gasteiger partial charge in [0.2, 0.25) is 0 Å². The molecule has 2 heteroatoms. The predicted molar refractivity (Wildman–Crippen MR) is 62.3 cm³/mol. The molecule has 1 aromatic rings. The second kappa shape index (κ2) is 2.95. The first-order valence-electron chi connectivity index (χ1n) is 5.42. The van der Waals surface area contributed by atoms with Gasteiger partial charge in [0.05, 0.1) is 11.6 Å². The van der Waals surface area contributed by atoms with Gasteiger partial charge < -0.3 is 0 Å². The van der Waals surface area contributed by atoms with E-state index in [4.69, 9.17) is 5.26 Å². The third kappa shape index (κ3) is 1.09. The van der Waals surface area contributed by atoms with Crippen LogP contribution in [0.15, 0.2) is 18.2 Å². The van der Waals surface area contributed by atoms with Gasteiger partial charge in [0.1, 0.15) is 0 Å². The molecule has 0 aliphatic heterocycles. The Bertz CT molecular complexity index is 518. The Kier molecular flexibility index (Phi) is 2.00. The molecule has 1 aliphatic carbocycles. The normalized spacial score (nSPS) is 20.3. The molecule has 0 amide bonds. The third-order valence-corrected chi connectivity index (χ3v) is 4.20. The maximum atomic E-state index is 12.3. The first-order chi connectivity index (χ1) is 7.32. The Morgan fingerprint density at radius 3 is 2.31 bits per heavy atom. The van der Waals surface area contributed by atoms with Gasteiger partial charge in [0.25, 0.3) is 0 Å². The second-order valence-corrected chi connectivity index (χ2v) is 5.45. The number of ketones is 1. The lowest BCUT2D eigenvalue weighted by molar-refractivity contribution is 0.0779. The molecule has 82 valence electrons. The summed E-state index contributed by atoms with van der Waals surface area (Å²) >= 11 is 0. The summed E-state index contributed by atoms with van der Waals surface area (Å²) in [7, 11) is 0. The zero-order valence-electron chi connectivity index (χ0n) is 10.1. The minimum atomic E-state index is -0.399. The SMILES string of the molecule is CC1(C)C(=O)c2cc(C#N)ccc2C1(C)C. The molecule has 0 aromatic heterocycles. The van der Waals surface area contributed by atoms with E-state index in [1.165, 1.54) is 0 Å². The van der Waals surface area contributed by atoms with E-state index in [1.54, 1.807) is 12.1 Å². The molecule has 0 radical (unpaired) electrons. The minimum absolute atomic E-state index is 0.143. The molecule has 0 saturated heterocycles. The number of benzene rings is 1. The number of hydrogen-bond donors (Lipinski definition) is 0. The lowest BCUT2D eigenvalue weighted by Crippen LogP contribution is -2.35. The van der Waals surface area contributed by atoms with Gasteiger partial charge in [0.15, 0.2) is 5.78 Å². The topological polar surface area (TPSA) is 40.9 Å². The van der Waals surface area contributed by atoms with Crippen molar-refractivity contribution >= 4 is 5.78 Å². The van der Waals surface area contributed by atoms with Crippen LogP contribution in [0.25, 0.3) is 0 Å². The molecule has 0 atom stereocenters. The van der Waals surface area contributed by atoms with Crippen LogP contribution < -0.4 is 0 Å². The van der Waals surface area contributed by atoms with Crippen LogP contribution in [-0.2, 0) is 5.41 Å². The largest absolute Gasteiger partial charge is 0.294 e. The second-order valence-electron chi connectivity index (χ2n) is 5.45. The van der Waals surface area contributed by atoms with Crippen LogP contribution in [0.5, 0.6) is 0 Å². The summed E-state index contributed by atoms with van der Waals surface area (Å²) in [6, 6.07) is 7.50. The Labute approximate surface area is 95.9 Å². The van der Waals surface area contributed by atoms with E-state index in [0.29, 0.717) is 11.1 Å².